The van der Waals surface area contributed by atoms with Crippen LogP contribution in [0.3, 0.4) is 0 Å². The number of rotatable bonds is 5. The third kappa shape index (κ3) is 4.22. The van der Waals surface area contributed by atoms with Crippen molar-refractivity contribution in [2.24, 2.45) is 5.73 Å². The number of halogens is 3. The molecule has 0 aliphatic carbocycles. The van der Waals surface area contributed by atoms with E-state index >= 15 is 0 Å². The normalized spacial score (nSPS) is 13.8. The van der Waals surface area contributed by atoms with Gasteiger partial charge in [-0.1, -0.05) is 52.7 Å². The second-order valence-electron chi connectivity index (χ2n) is 4.71. The summed E-state index contributed by atoms with van der Waals surface area (Å²) in [5, 5.41) is 0.659. The predicted octanol–water partition coefficient (Wildman–Crippen LogP) is 5.72. The summed E-state index contributed by atoms with van der Waals surface area (Å²) < 4.78 is 7.96. The van der Waals surface area contributed by atoms with Gasteiger partial charge in [-0.25, -0.2) is 0 Å². The smallest absolute Gasteiger partial charge is 0.140 e. The van der Waals surface area contributed by atoms with Gasteiger partial charge in [0.2, 0.25) is 0 Å². The van der Waals surface area contributed by atoms with E-state index in [9.17, 15) is 0 Å². The molecule has 2 rings (SSSR count). The van der Waals surface area contributed by atoms with Crippen LogP contribution in [0.25, 0.3) is 0 Å². The van der Waals surface area contributed by atoms with Gasteiger partial charge >= 0.3 is 0 Å². The number of benzene rings is 2. The number of nitrogens with two attached hydrogens (primary N) is 1. The van der Waals surface area contributed by atoms with E-state index in [2.05, 4.69) is 38.8 Å². The number of ether oxygens (including phenoxy) is 1. The Balaban J connectivity index is 2.35. The molecule has 2 aromatic rings. The lowest BCUT2D eigenvalue weighted by Crippen LogP contribution is -2.31. The Morgan fingerprint density at radius 3 is 2.48 bits per heavy atom. The molecule has 0 fully saturated rings. The quantitative estimate of drug-likeness (QED) is 0.654. The highest BCUT2D eigenvalue weighted by Gasteiger charge is 2.23. The first-order chi connectivity index (χ1) is 10.0. The van der Waals surface area contributed by atoms with Crippen molar-refractivity contribution >= 4 is 43.5 Å². The highest BCUT2D eigenvalue weighted by atomic mass is 79.9. The molecule has 5 heteroatoms. The molecule has 0 aliphatic rings. The van der Waals surface area contributed by atoms with Gasteiger partial charge < -0.3 is 10.5 Å². The van der Waals surface area contributed by atoms with E-state index in [1.165, 1.54) is 0 Å². The summed E-state index contributed by atoms with van der Waals surface area (Å²) in [7, 11) is 0. The molecule has 0 radical (unpaired) electrons. The third-order valence-electron chi connectivity index (χ3n) is 3.22. The molecule has 0 heterocycles. The molecule has 112 valence electrons. The first kappa shape index (κ1) is 16.8. The maximum atomic E-state index is 6.26. The lowest BCUT2D eigenvalue weighted by atomic mass is 10.0. The molecule has 0 saturated carbocycles. The summed E-state index contributed by atoms with van der Waals surface area (Å²) in [6.07, 6.45) is 0.583. The Kier molecular flexibility index (Phi) is 6.11. The molecule has 2 N–H and O–H groups in total. The van der Waals surface area contributed by atoms with Crippen molar-refractivity contribution in [3.05, 3.63) is 62.0 Å². The molecule has 21 heavy (non-hydrogen) atoms. The van der Waals surface area contributed by atoms with E-state index in [4.69, 9.17) is 22.1 Å². The van der Waals surface area contributed by atoms with E-state index < -0.39 is 0 Å². The van der Waals surface area contributed by atoms with E-state index in [-0.39, 0.29) is 12.1 Å². The fourth-order valence-electron chi connectivity index (χ4n) is 2.01. The van der Waals surface area contributed by atoms with Crippen LogP contribution in [-0.4, -0.2) is 6.04 Å². The molecule has 0 amide bonds. The Bertz CT molecular complexity index is 621. The van der Waals surface area contributed by atoms with Crippen LogP contribution in [0.1, 0.15) is 25.0 Å². The van der Waals surface area contributed by atoms with Crippen molar-refractivity contribution in [3.63, 3.8) is 0 Å². The van der Waals surface area contributed by atoms with Gasteiger partial charge in [-0.05, 0) is 46.6 Å². The van der Waals surface area contributed by atoms with Gasteiger partial charge in [0.25, 0.3) is 0 Å². The fraction of sp³-hybridized carbons (Fsp3) is 0.250. The average molecular weight is 434 g/mol. The molecular weight excluding hydrogens is 417 g/mol. The Morgan fingerprint density at radius 2 is 1.86 bits per heavy atom. The molecule has 0 aromatic heterocycles. The highest BCUT2D eigenvalue weighted by molar-refractivity contribution is 9.10. The molecule has 2 unspecified atom stereocenters. The van der Waals surface area contributed by atoms with Crippen LogP contribution in [0, 0.1) is 0 Å². The summed E-state index contributed by atoms with van der Waals surface area (Å²) in [6, 6.07) is 13.3. The predicted molar refractivity (Wildman–Crippen MR) is 94.9 cm³/mol. The fourth-order valence-corrected chi connectivity index (χ4v) is 3.30. The lowest BCUT2D eigenvalue weighted by molar-refractivity contribution is 0.169. The topological polar surface area (TPSA) is 35.2 Å². The van der Waals surface area contributed by atoms with Crippen molar-refractivity contribution in [2.75, 3.05) is 0 Å². The van der Waals surface area contributed by atoms with Gasteiger partial charge in [0, 0.05) is 21.1 Å². The summed E-state index contributed by atoms with van der Waals surface area (Å²) in [4.78, 5) is 0. The van der Waals surface area contributed by atoms with Gasteiger partial charge in [0.15, 0.2) is 0 Å². The van der Waals surface area contributed by atoms with Gasteiger partial charge in [-0.15, -0.1) is 0 Å². The average Bonchev–Trinajstić information content (AvgIpc) is 2.47. The van der Waals surface area contributed by atoms with Crippen LogP contribution in [-0.2, 0) is 0 Å². The minimum absolute atomic E-state index is 0.105. The van der Waals surface area contributed by atoms with E-state index in [1.807, 2.05) is 36.4 Å². The van der Waals surface area contributed by atoms with Gasteiger partial charge in [-0.2, -0.15) is 0 Å². The molecular formula is C16H16Br2ClNO. The van der Waals surface area contributed by atoms with E-state index in [0.29, 0.717) is 5.02 Å². The SMILES string of the molecule is CCC(N)C(Oc1ccc(Cl)cc1Br)c1ccccc1Br. The van der Waals surface area contributed by atoms with Crippen LogP contribution in [0.5, 0.6) is 5.75 Å². The highest BCUT2D eigenvalue weighted by Crippen LogP contribution is 2.35. The maximum absolute atomic E-state index is 6.26. The summed E-state index contributed by atoms with van der Waals surface area (Å²) >= 11 is 13.0. The first-order valence-electron chi connectivity index (χ1n) is 6.64. The number of hydrogen-bond acceptors (Lipinski definition) is 2. The Hall–Kier alpha value is -0.550. The van der Waals surface area contributed by atoms with E-state index in [0.717, 1.165) is 26.7 Å². The molecule has 0 spiro atoms. The minimum atomic E-state index is -0.233. The minimum Gasteiger partial charge on any atom is -0.483 e. The third-order valence-corrected chi connectivity index (χ3v) is 4.80. The monoisotopic (exact) mass is 431 g/mol. The lowest BCUT2D eigenvalue weighted by Gasteiger charge is -2.26. The summed E-state index contributed by atoms with van der Waals surface area (Å²) in [5.74, 6) is 0.726. The molecule has 0 saturated heterocycles. The van der Waals surface area contributed by atoms with Crippen LogP contribution < -0.4 is 10.5 Å². The maximum Gasteiger partial charge on any atom is 0.140 e. The zero-order valence-corrected chi connectivity index (χ0v) is 15.5. The largest absolute Gasteiger partial charge is 0.483 e. The second-order valence-corrected chi connectivity index (χ2v) is 6.85. The van der Waals surface area contributed by atoms with Crippen molar-refractivity contribution in [3.8, 4) is 5.75 Å². The van der Waals surface area contributed by atoms with Crippen molar-refractivity contribution < 1.29 is 4.74 Å². The molecule has 2 nitrogen and oxygen atoms in total. The van der Waals surface area contributed by atoms with Crippen LogP contribution in [0.15, 0.2) is 51.4 Å². The van der Waals surface area contributed by atoms with Crippen molar-refractivity contribution in [2.45, 2.75) is 25.5 Å². The zero-order valence-electron chi connectivity index (χ0n) is 11.5. The van der Waals surface area contributed by atoms with Gasteiger partial charge in [-0.3, -0.25) is 0 Å². The van der Waals surface area contributed by atoms with Crippen LogP contribution >= 0.6 is 43.5 Å². The van der Waals surface area contributed by atoms with Crippen molar-refractivity contribution in [1.29, 1.82) is 0 Å². The summed E-state index contributed by atoms with van der Waals surface area (Å²) in [6.45, 7) is 2.05. The summed E-state index contributed by atoms with van der Waals surface area (Å²) in [5.41, 5.74) is 7.29. The molecule has 0 aliphatic heterocycles. The van der Waals surface area contributed by atoms with Crippen LogP contribution in [0.4, 0.5) is 0 Å². The zero-order chi connectivity index (χ0) is 15.4. The van der Waals surface area contributed by atoms with Crippen LogP contribution in [0.2, 0.25) is 5.02 Å². The molecule has 0 bridgehead atoms. The Labute approximate surface area is 146 Å². The Morgan fingerprint density at radius 1 is 1.14 bits per heavy atom. The van der Waals surface area contributed by atoms with Gasteiger partial charge in [0.05, 0.1) is 4.47 Å². The number of hydrogen-bond donors (Lipinski definition) is 1. The first-order valence-corrected chi connectivity index (χ1v) is 8.61. The standard InChI is InChI=1S/C16H16Br2ClNO/c1-2-14(20)16(11-5-3-4-6-12(11)17)21-15-8-7-10(19)9-13(15)18/h3-9,14,16H,2,20H2,1H3. The van der Waals surface area contributed by atoms with Crippen molar-refractivity contribution in [1.82, 2.24) is 0 Å². The van der Waals surface area contributed by atoms with Gasteiger partial charge in [0.1, 0.15) is 11.9 Å². The van der Waals surface area contributed by atoms with E-state index in [1.54, 1.807) is 6.07 Å². The molecule has 2 aromatic carbocycles. The molecule has 2 atom stereocenters. The second kappa shape index (κ2) is 7.63.